The Kier molecular flexibility index (Phi) is 4.47. The van der Waals surface area contributed by atoms with E-state index in [1.54, 1.807) is 7.11 Å². The average molecular weight is 416 g/mol. The summed E-state index contributed by atoms with van der Waals surface area (Å²) in [6.45, 7) is 7.32. The molecule has 2 bridgehead atoms. The third kappa shape index (κ3) is 2.57. The van der Waals surface area contributed by atoms with E-state index in [4.69, 9.17) is 14.2 Å². The number of para-hydroxylation sites is 1. The zero-order valence-corrected chi connectivity index (χ0v) is 15.9. The third-order valence-corrected chi connectivity index (χ3v) is 6.83. The maximum atomic E-state index is 6.51. The van der Waals surface area contributed by atoms with Crippen molar-refractivity contribution in [2.45, 2.75) is 61.5 Å². The van der Waals surface area contributed by atoms with Gasteiger partial charge in [-0.3, -0.25) is 0 Å². The lowest BCUT2D eigenvalue weighted by atomic mass is 9.75. The smallest absolute Gasteiger partial charge is 0.124 e. The van der Waals surface area contributed by atoms with E-state index in [0.29, 0.717) is 16.4 Å². The molecule has 4 atom stereocenters. The first-order valence-electron chi connectivity index (χ1n) is 7.99. The van der Waals surface area contributed by atoms with Crippen LogP contribution in [0.1, 0.15) is 39.2 Å². The van der Waals surface area contributed by atoms with Crippen LogP contribution in [-0.4, -0.2) is 28.3 Å². The van der Waals surface area contributed by atoms with Gasteiger partial charge in [0.2, 0.25) is 0 Å². The van der Waals surface area contributed by atoms with Crippen LogP contribution < -0.4 is 4.74 Å². The van der Waals surface area contributed by atoms with Gasteiger partial charge in [0, 0.05) is 15.9 Å². The van der Waals surface area contributed by atoms with E-state index >= 15 is 0 Å². The maximum absolute atomic E-state index is 6.51. The number of ether oxygens (including phenoxy) is 3. The Balaban J connectivity index is 1.72. The molecule has 0 spiro atoms. The van der Waals surface area contributed by atoms with Crippen molar-refractivity contribution in [2.75, 3.05) is 7.11 Å². The molecular formula is C18H25IO3. The molecule has 2 saturated heterocycles. The van der Waals surface area contributed by atoms with Gasteiger partial charge in [0.25, 0.3) is 0 Å². The highest BCUT2D eigenvalue weighted by molar-refractivity contribution is 14.1. The van der Waals surface area contributed by atoms with Gasteiger partial charge in [-0.2, -0.15) is 0 Å². The second-order valence-electron chi connectivity index (χ2n) is 7.01. The van der Waals surface area contributed by atoms with Crippen molar-refractivity contribution in [3.05, 3.63) is 29.8 Å². The minimum Gasteiger partial charge on any atom is -0.496 e. The number of hydrogen-bond acceptors (Lipinski definition) is 3. The second-order valence-corrected chi connectivity index (χ2v) is 8.52. The summed E-state index contributed by atoms with van der Waals surface area (Å²) in [6.07, 6.45) is 2.22. The quantitative estimate of drug-likeness (QED) is 0.528. The van der Waals surface area contributed by atoms with Crippen LogP contribution in [0.3, 0.4) is 0 Å². The van der Waals surface area contributed by atoms with E-state index in [-0.39, 0.29) is 17.3 Å². The first-order chi connectivity index (χ1) is 10.4. The number of hydrogen-bond donors (Lipinski definition) is 0. The molecule has 0 radical (unpaired) electrons. The van der Waals surface area contributed by atoms with Crippen molar-refractivity contribution in [2.24, 2.45) is 5.92 Å². The Hall–Kier alpha value is -0.330. The van der Waals surface area contributed by atoms with Crippen LogP contribution in [0.25, 0.3) is 0 Å². The molecule has 3 rings (SSSR count). The summed E-state index contributed by atoms with van der Waals surface area (Å²) < 4.78 is 18.8. The molecule has 22 heavy (non-hydrogen) atoms. The van der Waals surface area contributed by atoms with Gasteiger partial charge < -0.3 is 14.2 Å². The summed E-state index contributed by atoms with van der Waals surface area (Å²) in [5.41, 5.74) is 0.916. The lowest BCUT2D eigenvalue weighted by Gasteiger charge is -2.35. The molecule has 2 fully saturated rings. The number of rotatable bonds is 5. The number of halogens is 1. The second kappa shape index (κ2) is 5.95. The summed E-state index contributed by atoms with van der Waals surface area (Å²) in [7, 11) is 1.70. The molecule has 2 aliphatic rings. The summed E-state index contributed by atoms with van der Waals surface area (Å²) in [5.74, 6) is 1.40. The predicted octanol–water partition coefficient (Wildman–Crippen LogP) is 4.36. The molecule has 2 aliphatic heterocycles. The van der Waals surface area contributed by atoms with Gasteiger partial charge in [-0.1, -0.05) is 54.6 Å². The van der Waals surface area contributed by atoms with E-state index in [0.717, 1.165) is 24.2 Å². The highest BCUT2D eigenvalue weighted by atomic mass is 127. The Morgan fingerprint density at radius 3 is 2.68 bits per heavy atom. The zero-order chi connectivity index (χ0) is 16.0. The maximum Gasteiger partial charge on any atom is 0.124 e. The van der Waals surface area contributed by atoms with Crippen molar-refractivity contribution in [3.8, 4) is 5.75 Å². The largest absolute Gasteiger partial charge is 0.496 e. The lowest BCUT2D eigenvalue weighted by Crippen LogP contribution is -2.44. The van der Waals surface area contributed by atoms with Gasteiger partial charge in [-0.15, -0.1) is 0 Å². The van der Waals surface area contributed by atoms with Gasteiger partial charge in [-0.25, -0.2) is 0 Å². The number of fused-ring (bicyclic) bond motifs is 2. The van der Waals surface area contributed by atoms with E-state index in [1.807, 2.05) is 18.2 Å². The predicted molar refractivity (Wildman–Crippen MR) is 95.7 cm³/mol. The molecule has 0 amide bonds. The van der Waals surface area contributed by atoms with Crippen molar-refractivity contribution in [1.29, 1.82) is 0 Å². The first-order valence-corrected chi connectivity index (χ1v) is 9.23. The van der Waals surface area contributed by atoms with E-state index in [9.17, 15) is 0 Å². The van der Waals surface area contributed by atoms with Crippen molar-refractivity contribution < 1.29 is 14.2 Å². The Labute approximate surface area is 146 Å². The van der Waals surface area contributed by atoms with E-state index in [2.05, 4.69) is 49.4 Å². The van der Waals surface area contributed by atoms with Crippen LogP contribution in [0.15, 0.2) is 24.3 Å². The lowest BCUT2D eigenvalue weighted by molar-refractivity contribution is -0.0955. The monoisotopic (exact) mass is 416 g/mol. The molecule has 4 heteroatoms. The van der Waals surface area contributed by atoms with Gasteiger partial charge in [0.05, 0.1) is 31.0 Å². The Morgan fingerprint density at radius 1 is 1.32 bits per heavy atom. The normalized spacial score (nSPS) is 37.0. The molecule has 0 aliphatic carbocycles. The number of alkyl halides is 1. The fourth-order valence-electron chi connectivity index (χ4n) is 3.90. The highest BCUT2D eigenvalue weighted by Crippen LogP contribution is 2.57. The molecule has 0 N–H and O–H groups in total. The Bertz CT molecular complexity index is 547. The molecule has 0 saturated carbocycles. The van der Waals surface area contributed by atoms with Crippen molar-refractivity contribution in [3.63, 3.8) is 0 Å². The molecule has 3 nitrogen and oxygen atoms in total. The molecule has 0 unspecified atom stereocenters. The third-order valence-electron chi connectivity index (χ3n) is 5.33. The standard InChI is InChI=1S/C18H25IO3/c1-12(2)18-10-16(17(3,22-18)9-15(18)19)21-11-13-7-5-6-8-14(13)20-4/h5-8,12,15-16H,9-11H2,1-4H3/t15-,16+,17-,18+/m0/s1. The van der Waals surface area contributed by atoms with Crippen LogP contribution >= 0.6 is 22.6 Å². The molecule has 122 valence electrons. The molecule has 2 heterocycles. The molecule has 0 aromatic heterocycles. The van der Waals surface area contributed by atoms with Gasteiger partial charge >= 0.3 is 0 Å². The first kappa shape index (κ1) is 16.5. The van der Waals surface area contributed by atoms with Crippen molar-refractivity contribution in [1.82, 2.24) is 0 Å². The number of methoxy groups -OCH3 is 1. The fourth-order valence-corrected chi connectivity index (χ4v) is 5.88. The summed E-state index contributed by atoms with van der Waals surface area (Å²) in [6, 6.07) is 8.05. The Morgan fingerprint density at radius 2 is 2.05 bits per heavy atom. The highest BCUT2D eigenvalue weighted by Gasteiger charge is 2.65. The van der Waals surface area contributed by atoms with Crippen LogP contribution in [0.2, 0.25) is 0 Å². The average Bonchev–Trinajstić information content (AvgIpc) is 2.93. The van der Waals surface area contributed by atoms with Gasteiger partial charge in [0.15, 0.2) is 0 Å². The van der Waals surface area contributed by atoms with E-state index < -0.39 is 0 Å². The molecule has 1 aromatic carbocycles. The molecular weight excluding hydrogens is 391 g/mol. The zero-order valence-electron chi connectivity index (χ0n) is 13.8. The van der Waals surface area contributed by atoms with Crippen LogP contribution in [-0.2, 0) is 16.1 Å². The minimum absolute atomic E-state index is 0.0270. The van der Waals surface area contributed by atoms with Crippen LogP contribution in [0, 0.1) is 5.92 Å². The summed E-state index contributed by atoms with van der Waals surface area (Å²) in [5, 5.41) is 0. The topological polar surface area (TPSA) is 27.7 Å². The van der Waals surface area contributed by atoms with Crippen LogP contribution in [0.4, 0.5) is 0 Å². The van der Waals surface area contributed by atoms with Gasteiger partial charge in [-0.05, 0) is 25.3 Å². The summed E-state index contributed by atoms with van der Waals surface area (Å²) >= 11 is 2.56. The van der Waals surface area contributed by atoms with Gasteiger partial charge in [0.1, 0.15) is 5.75 Å². The minimum atomic E-state index is -0.155. The van der Waals surface area contributed by atoms with E-state index in [1.165, 1.54) is 0 Å². The number of benzene rings is 1. The summed E-state index contributed by atoms with van der Waals surface area (Å²) in [4.78, 5) is 0. The SMILES string of the molecule is COc1ccccc1CO[C@@H]1C[C@]2(C(C)C)O[C@@]1(C)C[C@@H]2I. The molecule has 1 aromatic rings. The fraction of sp³-hybridized carbons (Fsp3) is 0.667. The van der Waals surface area contributed by atoms with Crippen LogP contribution in [0.5, 0.6) is 5.75 Å². The van der Waals surface area contributed by atoms with Crippen molar-refractivity contribution >= 4 is 22.6 Å².